The lowest BCUT2D eigenvalue weighted by Crippen LogP contribution is -2.50. The highest BCUT2D eigenvalue weighted by Gasteiger charge is 2.42. The molecule has 2 heterocycles. The minimum Gasteiger partial charge on any atom is -0.383 e. The van der Waals surface area contributed by atoms with Crippen molar-refractivity contribution in [2.24, 2.45) is 5.92 Å². The molecule has 2 atom stereocenters. The van der Waals surface area contributed by atoms with Crippen LogP contribution < -0.4 is 5.32 Å². The van der Waals surface area contributed by atoms with Crippen molar-refractivity contribution in [1.82, 2.24) is 10.2 Å². The van der Waals surface area contributed by atoms with E-state index in [9.17, 15) is 9.59 Å². The van der Waals surface area contributed by atoms with Crippen molar-refractivity contribution in [2.45, 2.75) is 31.7 Å². The molecule has 1 aromatic rings. The molecule has 1 aliphatic heterocycles. The third kappa shape index (κ3) is 4.71. The fourth-order valence-corrected chi connectivity index (χ4v) is 4.85. The molecule has 0 bridgehead atoms. The van der Waals surface area contributed by atoms with Gasteiger partial charge in [0.25, 0.3) is 5.91 Å². The number of thioether (sulfide) groups is 1. The highest BCUT2D eigenvalue weighted by Crippen LogP contribution is 2.35. The summed E-state index contributed by atoms with van der Waals surface area (Å²) in [5.74, 6) is 0.988. The second kappa shape index (κ2) is 8.70. The molecule has 1 saturated heterocycles. The first-order valence-corrected chi connectivity index (χ1v) is 9.71. The third-order valence-corrected chi connectivity index (χ3v) is 5.81. The number of ether oxygens (including phenoxy) is 1. The molecule has 1 aliphatic rings. The van der Waals surface area contributed by atoms with E-state index in [1.807, 2.05) is 17.5 Å². The Hall–Kier alpha value is -1.05. The standard InChI is InChI=1S/C16H24N2O3S2/c1-11(2)9-14-18(16(20)13-5-4-8-22-13)12(10-23-14)15(19)17-6-7-21-3/h4-5,8,11-12,14H,6-7,9-10H2,1-3H3,(H,17,19). The summed E-state index contributed by atoms with van der Waals surface area (Å²) in [5, 5.41) is 4.81. The summed E-state index contributed by atoms with van der Waals surface area (Å²) in [6.07, 6.45) is 0.892. The Morgan fingerprint density at radius 3 is 2.87 bits per heavy atom. The Morgan fingerprint density at radius 1 is 1.48 bits per heavy atom. The van der Waals surface area contributed by atoms with Crippen molar-refractivity contribution in [3.63, 3.8) is 0 Å². The zero-order chi connectivity index (χ0) is 16.8. The molecular formula is C16H24N2O3S2. The molecule has 1 fully saturated rings. The van der Waals surface area contributed by atoms with E-state index in [0.717, 1.165) is 6.42 Å². The first-order valence-electron chi connectivity index (χ1n) is 7.79. The van der Waals surface area contributed by atoms with Crippen LogP contribution in [0, 0.1) is 5.92 Å². The average molecular weight is 357 g/mol. The van der Waals surface area contributed by atoms with Crippen LogP contribution in [0.25, 0.3) is 0 Å². The van der Waals surface area contributed by atoms with Gasteiger partial charge < -0.3 is 15.0 Å². The van der Waals surface area contributed by atoms with Crippen LogP contribution in [0.15, 0.2) is 17.5 Å². The zero-order valence-electron chi connectivity index (χ0n) is 13.8. The number of nitrogens with zero attached hydrogens (tertiary/aromatic N) is 1. The highest BCUT2D eigenvalue weighted by molar-refractivity contribution is 8.00. The van der Waals surface area contributed by atoms with Crippen LogP contribution in [0.1, 0.15) is 29.9 Å². The molecule has 2 unspecified atom stereocenters. The lowest BCUT2D eigenvalue weighted by molar-refractivity contribution is -0.125. The van der Waals surface area contributed by atoms with E-state index >= 15 is 0 Å². The summed E-state index contributed by atoms with van der Waals surface area (Å²) in [6.45, 7) is 5.22. The zero-order valence-corrected chi connectivity index (χ0v) is 15.4. The van der Waals surface area contributed by atoms with Gasteiger partial charge in [-0.1, -0.05) is 19.9 Å². The van der Waals surface area contributed by atoms with Crippen LogP contribution in [0.4, 0.5) is 0 Å². The van der Waals surface area contributed by atoms with Gasteiger partial charge in [0.15, 0.2) is 0 Å². The molecule has 128 valence electrons. The van der Waals surface area contributed by atoms with E-state index in [1.165, 1.54) is 11.3 Å². The van der Waals surface area contributed by atoms with Crippen LogP contribution >= 0.6 is 23.1 Å². The Bertz CT molecular complexity index is 519. The first-order chi connectivity index (χ1) is 11.0. The molecule has 0 saturated carbocycles. The summed E-state index contributed by atoms with van der Waals surface area (Å²) in [7, 11) is 1.60. The summed E-state index contributed by atoms with van der Waals surface area (Å²) in [4.78, 5) is 27.8. The van der Waals surface area contributed by atoms with Gasteiger partial charge in [-0.15, -0.1) is 23.1 Å². The molecule has 1 aromatic heterocycles. The number of carbonyl (C=O) groups is 2. The van der Waals surface area contributed by atoms with Crippen molar-refractivity contribution in [1.29, 1.82) is 0 Å². The lowest BCUT2D eigenvalue weighted by atomic mass is 10.1. The van der Waals surface area contributed by atoms with Gasteiger partial charge in [0.05, 0.1) is 16.9 Å². The maximum Gasteiger partial charge on any atom is 0.265 e. The maximum absolute atomic E-state index is 12.9. The molecular weight excluding hydrogens is 332 g/mol. The van der Waals surface area contributed by atoms with Gasteiger partial charge in [-0.2, -0.15) is 0 Å². The van der Waals surface area contributed by atoms with Crippen molar-refractivity contribution in [3.05, 3.63) is 22.4 Å². The number of rotatable bonds is 7. The topological polar surface area (TPSA) is 58.6 Å². The summed E-state index contributed by atoms with van der Waals surface area (Å²) in [6, 6.07) is 3.28. The van der Waals surface area contributed by atoms with Crippen molar-refractivity contribution < 1.29 is 14.3 Å². The fraction of sp³-hybridized carbons (Fsp3) is 0.625. The van der Waals surface area contributed by atoms with Crippen LogP contribution in [0.5, 0.6) is 0 Å². The van der Waals surface area contributed by atoms with E-state index in [4.69, 9.17) is 4.74 Å². The minimum absolute atomic E-state index is 0.0393. The molecule has 7 heteroatoms. The first kappa shape index (κ1) is 18.3. The third-order valence-electron chi connectivity index (χ3n) is 3.64. The van der Waals surface area contributed by atoms with Crippen LogP contribution in [0.2, 0.25) is 0 Å². The molecule has 23 heavy (non-hydrogen) atoms. The van der Waals surface area contributed by atoms with Gasteiger partial charge in [0.1, 0.15) is 6.04 Å². The number of methoxy groups -OCH3 is 1. The van der Waals surface area contributed by atoms with Crippen molar-refractivity contribution in [3.8, 4) is 0 Å². The Kier molecular flexibility index (Phi) is 6.92. The molecule has 0 radical (unpaired) electrons. The van der Waals surface area contributed by atoms with E-state index in [2.05, 4.69) is 19.2 Å². The number of thiophene rings is 1. The number of hydrogen-bond donors (Lipinski definition) is 1. The van der Waals surface area contributed by atoms with Gasteiger partial charge in [0, 0.05) is 19.4 Å². The van der Waals surface area contributed by atoms with Gasteiger partial charge in [-0.25, -0.2) is 0 Å². The van der Waals surface area contributed by atoms with Crippen LogP contribution in [-0.4, -0.2) is 54.1 Å². The average Bonchev–Trinajstić information content (AvgIpc) is 3.15. The molecule has 2 rings (SSSR count). The molecule has 0 aliphatic carbocycles. The minimum atomic E-state index is -0.407. The van der Waals surface area contributed by atoms with Crippen molar-refractivity contribution >= 4 is 34.9 Å². The molecule has 1 N–H and O–H groups in total. The fourth-order valence-electron chi connectivity index (χ4n) is 2.54. The normalized spacial score (nSPS) is 21.0. The van der Waals surface area contributed by atoms with E-state index in [0.29, 0.717) is 29.7 Å². The second-order valence-electron chi connectivity index (χ2n) is 5.91. The number of carbonyl (C=O) groups excluding carboxylic acids is 2. The second-order valence-corrected chi connectivity index (χ2v) is 8.07. The monoisotopic (exact) mass is 356 g/mol. The summed E-state index contributed by atoms with van der Waals surface area (Å²) >= 11 is 3.12. The predicted octanol–water partition coefficient (Wildman–Crippen LogP) is 2.44. The smallest absolute Gasteiger partial charge is 0.265 e. The number of nitrogens with one attached hydrogen (secondary N) is 1. The summed E-state index contributed by atoms with van der Waals surface area (Å²) < 4.78 is 4.96. The molecule has 5 nitrogen and oxygen atoms in total. The van der Waals surface area contributed by atoms with Gasteiger partial charge >= 0.3 is 0 Å². The largest absolute Gasteiger partial charge is 0.383 e. The van der Waals surface area contributed by atoms with E-state index in [-0.39, 0.29) is 17.2 Å². The van der Waals surface area contributed by atoms with Crippen LogP contribution in [0.3, 0.4) is 0 Å². The quantitative estimate of drug-likeness (QED) is 0.763. The highest BCUT2D eigenvalue weighted by atomic mass is 32.2. The number of hydrogen-bond acceptors (Lipinski definition) is 5. The molecule has 2 amide bonds. The van der Waals surface area contributed by atoms with Gasteiger partial charge in [-0.3, -0.25) is 9.59 Å². The SMILES string of the molecule is COCCNC(=O)C1CSC(CC(C)C)N1C(=O)c1cccs1. The Morgan fingerprint density at radius 2 is 2.26 bits per heavy atom. The lowest BCUT2D eigenvalue weighted by Gasteiger charge is -2.29. The van der Waals surface area contributed by atoms with E-state index < -0.39 is 6.04 Å². The molecule has 0 spiro atoms. The molecule has 0 aromatic carbocycles. The number of amides is 2. The maximum atomic E-state index is 12.9. The Balaban J connectivity index is 2.13. The Labute approximate surface area is 145 Å². The van der Waals surface area contributed by atoms with Gasteiger partial charge in [-0.05, 0) is 23.8 Å². The van der Waals surface area contributed by atoms with Crippen LogP contribution in [-0.2, 0) is 9.53 Å². The van der Waals surface area contributed by atoms with Gasteiger partial charge in [0.2, 0.25) is 5.91 Å². The van der Waals surface area contributed by atoms with Crippen molar-refractivity contribution in [2.75, 3.05) is 26.0 Å². The predicted molar refractivity (Wildman–Crippen MR) is 94.9 cm³/mol. The summed E-state index contributed by atoms with van der Waals surface area (Å²) in [5.41, 5.74) is 0. The van der Waals surface area contributed by atoms with E-state index in [1.54, 1.807) is 23.8 Å².